The van der Waals surface area contributed by atoms with E-state index in [4.69, 9.17) is 11.5 Å². The highest BCUT2D eigenvalue weighted by molar-refractivity contribution is 5.88. The number of nitrogens with zero attached hydrogens (tertiary/aromatic N) is 1. The third-order valence-corrected chi connectivity index (χ3v) is 9.11. The molecule has 4 nitrogen and oxygen atoms in total. The molecule has 0 rings (SSSR count). The summed E-state index contributed by atoms with van der Waals surface area (Å²) >= 11 is 0. The highest BCUT2D eigenvalue weighted by atomic mass is 35.5. The van der Waals surface area contributed by atoms with E-state index in [1.165, 1.54) is 173 Å². The van der Waals surface area contributed by atoms with Gasteiger partial charge >= 0.3 is 0 Å². The first kappa shape index (κ1) is 52.6. The lowest BCUT2D eigenvalue weighted by Gasteiger charge is -2.31. The number of unbranched alkanes of at least 4 members (excludes halogenated alkanes) is 25. The molecule has 0 saturated carbocycles. The van der Waals surface area contributed by atoms with Crippen LogP contribution in [-0.4, -0.2) is 36.0 Å². The van der Waals surface area contributed by atoms with Gasteiger partial charge in [0.25, 0.3) is 0 Å². The van der Waals surface area contributed by atoms with Crippen LogP contribution in [0, 0.1) is 0 Å². The van der Waals surface area contributed by atoms with Gasteiger partial charge in [0, 0.05) is 19.6 Å². The van der Waals surface area contributed by atoms with Crippen LogP contribution in [0.5, 0.6) is 0 Å². The lowest BCUT2D eigenvalue weighted by molar-refractivity contribution is -0.135. The van der Waals surface area contributed by atoms with Gasteiger partial charge in [0.1, 0.15) is 5.54 Å². The number of rotatable bonds is 34. The molecule has 4 N–H and O–H groups in total. The zero-order valence-corrected chi connectivity index (χ0v) is 33.0. The van der Waals surface area contributed by atoms with Gasteiger partial charge in [0.05, 0.1) is 0 Å². The Morgan fingerprint density at radius 2 is 0.826 bits per heavy atom. The zero-order valence-electron chi connectivity index (χ0n) is 30.6. The van der Waals surface area contributed by atoms with E-state index in [-0.39, 0.29) is 49.7 Å². The second-order valence-electron chi connectivity index (χ2n) is 13.3. The van der Waals surface area contributed by atoms with Gasteiger partial charge in [-0.15, -0.1) is 43.8 Å². The van der Waals surface area contributed by atoms with E-state index in [1.54, 1.807) is 0 Å². The van der Waals surface area contributed by atoms with Crippen molar-refractivity contribution in [3.05, 3.63) is 24.8 Å². The van der Waals surface area contributed by atoms with Gasteiger partial charge in [-0.05, 0) is 38.5 Å². The van der Waals surface area contributed by atoms with E-state index >= 15 is 0 Å². The first-order valence-corrected chi connectivity index (χ1v) is 19.1. The number of carbonyl (C=O) groups excluding carboxylic acids is 1. The van der Waals surface area contributed by atoms with Gasteiger partial charge in [0.15, 0.2) is 0 Å². The lowest BCUT2D eigenvalue weighted by Crippen LogP contribution is -2.58. The first-order chi connectivity index (χ1) is 21.1. The maximum atomic E-state index is 13.2. The van der Waals surface area contributed by atoms with Crippen molar-refractivity contribution in [3.8, 4) is 0 Å². The highest BCUT2D eigenvalue weighted by Gasteiger charge is 2.32. The second-order valence-corrected chi connectivity index (χ2v) is 13.3. The van der Waals surface area contributed by atoms with Crippen LogP contribution in [0.4, 0.5) is 0 Å². The Morgan fingerprint density at radius 3 is 1.11 bits per heavy atom. The fourth-order valence-electron chi connectivity index (χ4n) is 5.91. The van der Waals surface area contributed by atoms with E-state index < -0.39 is 5.54 Å². The number of hydrogen-bond acceptors (Lipinski definition) is 3. The summed E-state index contributed by atoms with van der Waals surface area (Å²) in [6.07, 6.45) is 43.2. The average molecular weight is 713 g/mol. The topological polar surface area (TPSA) is 72.3 Å². The van der Waals surface area contributed by atoms with Gasteiger partial charge < -0.3 is 16.4 Å². The molecular formula is C39H80Cl3N3O. The minimum atomic E-state index is -1.14. The van der Waals surface area contributed by atoms with Crippen LogP contribution in [-0.2, 0) is 4.79 Å². The summed E-state index contributed by atoms with van der Waals surface area (Å²) in [5, 5.41) is 0. The van der Waals surface area contributed by atoms with Crippen molar-refractivity contribution in [2.45, 2.75) is 199 Å². The molecule has 0 radical (unpaired) electrons. The van der Waals surface area contributed by atoms with E-state index in [2.05, 4.69) is 32.6 Å². The van der Waals surface area contributed by atoms with E-state index in [0.717, 1.165) is 25.9 Å². The quantitative estimate of drug-likeness (QED) is 0.0515. The van der Waals surface area contributed by atoms with Crippen LogP contribution in [0.1, 0.15) is 194 Å². The van der Waals surface area contributed by atoms with Gasteiger partial charge in [-0.3, -0.25) is 4.79 Å². The first-order valence-electron chi connectivity index (χ1n) is 19.1. The Morgan fingerprint density at radius 1 is 0.543 bits per heavy atom. The smallest absolute Gasteiger partial charge is 0.247 e. The van der Waals surface area contributed by atoms with Gasteiger partial charge in [-0.25, -0.2) is 0 Å². The minimum absolute atomic E-state index is 0. The molecule has 7 heteroatoms. The van der Waals surface area contributed by atoms with Crippen LogP contribution in [0.3, 0.4) is 0 Å². The Balaban J connectivity index is -0.00000294. The van der Waals surface area contributed by atoms with Crippen molar-refractivity contribution < 1.29 is 4.79 Å². The van der Waals surface area contributed by atoms with Gasteiger partial charge in [0.2, 0.25) is 5.91 Å². The van der Waals surface area contributed by atoms with Crippen LogP contribution < -0.4 is 11.5 Å². The molecule has 0 aliphatic rings. The summed E-state index contributed by atoms with van der Waals surface area (Å²) < 4.78 is 0. The number of carbonyl (C=O) groups is 1. The maximum Gasteiger partial charge on any atom is 0.247 e. The van der Waals surface area contributed by atoms with Crippen LogP contribution in [0.25, 0.3) is 0 Å². The largest absolute Gasteiger partial charge is 0.341 e. The molecule has 0 aromatic carbocycles. The molecule has 0 aliphatic carbocycles. The molecule has 0 saturated heterocycles. The molecule has 0 fully saturated rings. The predicted molar refractivity (Wildman–Crippen MR) is 214 cm³/mol. The number of amides is 1. The minimum Gasteiger partial charge on any atom is -0.341 e. The average Bonchev–Trinajstić information content (AvgIpc) is 3.02. The Kier molecular flexibility index (Phi) is 46.7. The van der Waals surface area contributed by atoms with Crippen LogP contribution in [0.2, 0.25) is 0 Å². The van der Waals surface area contributed by atoms with Crippen molar-refractivity contribution in [1.29, 1.82) is 0 Å². The molecule has 0 aliphatic heterocycles. The summed E-state index contributed by atoms with van der Waals surface area (Å²) in [4.78, 5) is 15.2. The molecule has 0 heterocycles. The summed E-state index contributed by atoms with van der Waals surface area (Å²) in [7, 11) is 0. The number of hydrogen-bond donors (Lipinski definition) is 2. The molecule has 1 atom stereocenters. The number of allylic oxidation sites excluding steroid dienone is 2. The standard InChI is InChI=1S/C39H77N3O.3ClH/c1-4-7-9-11-13-15-17-19-21-22-24-26-28-30-32-34-36-42(38(43)39(41,6-3)37-40)35-33-31-29-27-25-23-20-18-16-14-12-10-8-5-2;;;/h6,19,21H,3-5,7-18,20,22-37,40-41H2,1-2H3;3*1H/b21-19-;;;. The van der Waals surface area contributed by atoms with E-state index in [9.17, 15) is 4.79 Å². The summed E-state index contributed by atoms with van der Waals surface area (Å²) in [5.41, 5.74) is 11.1. The Hall–Kier alpha value is -0.260. The zero-order chi connectivity index (χ0) is 31.7. The van der Waals surface area contributed by atoms with Crippen LogP contribution >= 0.6 is 37.2 Å². The molecule has 0 aromatic heterocycles. The van der Waals surface area contributed by atoms with Crippen molar-refractivity contribution in [2.24, 2.45) is 11.5 Å². The summed E-state index contributed by atoms with van der Waals surface area (Å²) in [6.45, 7) is 10.0. The van der Waals surface area contributed by atoms with Crippen molar-refractivity contribution in [3.63, 3.8) is 0 Å². The van der Waals surface area contributed by atoms with Crippen LogP contribution in [0.15, 0.2) is 24.8 Å². The molecule has 0 spiro atoms. The summed E-state index contributed by atoms with van der Waals surface area (Å²) in [5.74, 6) is -0.0487. The van der Waals surface area contributed by atoms with Crippen molar-refractivity contribution in [1.82, 2.24) is 4.90 Å². The predicted octanol–water partition coefficient (Wildman–Crippen LogP) is 12.4. The number of nitrogens with two attached hydrogens (primary N) is 2. The fourth-order valence-corrected chi connectivity index (χ4v) is 5.91. The van der Waals surface area contributed by atoms with Gasteiger partial charge in [-0.1, -0.05) is 173 Å². The molecular weight excluding hydrogens is 633 g/mol. The summed E-state index contributed by atoms with van der Waals surface area (Å²) in [6, 6.07) is 0. The van der Waals surface area contributed by atoms with E-state index in [1.807, 2.05) is 4.90 Å². The van der Waals surface area contributed by atoms with Gasteiger partial charge in [-0.2, -0.15) is 0 Å². The molecule has 0 bridgehead atoms. The normalized spacial score (nSPS) is 12.2. The van der Waals surface area contributed by atoms with Crippen molar-refractivity contribution in [2.75, 3.05) is 19.6 Å². The fraction of sp³-hybridized carbons (Fsp3) is 0.872. The third-order valence-electron chi connectivity index (χ3n) is 9.11. The monoisotopic (exact) mass is 712 g/mol. The molecule has 0 aromatic rings. The maximum absolute atomic E-state index is 13.2. The highest BCUT2D eigenvalue weighted by Crippen LogP contribution is 2.16. The van der Waals surface area contributed by atoms with Crippen molar-refractivity contribution >= 4 is 43.1 Å². The second kappa shape index (κ2) is 40.9. The lowest BCUT2D eigenvalue weighted by atomic mass is 9.98. The Labute approximate surface area is 306 Å². The van der Waals surface area contributed by atoms with E-state index in [0.29, 0.717) is 0 Å². The molecule has 1 amide bonds. The molecule has 1 unspecified atom stereocenters. The molecule has 278 valence electrons. The Bertz CT molecular complexity index is 650. The third kappa shape index (κ3) is 32.3. The number of halogens is 3. The molecule has 46 heavy (non-hydrogen) atoms. The SMILES string of the molecule is C=CC(N)(CN)C(=O)N(CCCCCCCC/C=C\CCCCCCCC)CCCCCCCCCCCCCCCC.Cl.Cl.Cl.